The Hall–Kier alpha value is -2.57. The highest BCUT2D eigenvalue weighted by atomic mass is 16.5. The maximum absolute atomic E-state index is 9.96. The average molecular weight is 340 g/mol. The first kappa shape index (κ1) is 17.3. The van der Waals surface area contributed by atoms with Crippen LogP contribution in [-0.2, 0) is 0 Å². The number of benzene rings is 2. The van der Waals surface area contributed by atoms with E-state index in [4.69, 9.17) is 4.74 Å². The molecule has 2 aromatic carbocycles. The number of para-hydroxylation sites is 1. The SMILES string of the molecule is Cc1ccc2[nH]ncc2c1NCCNCC(O)COc1ccccc1. The molecule has 132 valence electrons. The van der Waals surface area contributed by atoms with E-state index in [0.29, 0.717) is 6.54 Å². The largest absolute Gasteiger partial charge is 0.491 e. The summed E-state index contributed by atoms with van der Waals surface area (Å²) in [7, 11) is 0. The number of hydrogen-bond acceptors (Lipinski definition) is 5. The van der Waals surface area contributed by atoms with Crippen LogP contribution in [0.3, 0.4) is 0 Å². The Morgan fingerprint density at radius 3 is 2.84 bits per heavy atom. The molecule has 0 radical (unpaired) electrons. The number of fused-ring (bicyclic) bond motifs is 1. The van der Waals surface area contributed by atoms with E-state index in [-0.39, 0.29) is 6.61 Å². The number of aliphatic hydroxyl groups is 1. The van der Waals surface area contributed by atoms with Crippen LogP contribution in [0.5, 0.6) is 5.75 Å². The second-order valence-electron chi connectivity index (χ2n) is 6.00. The topological polar surface area (TPSA) is 82.2 Å². The van der Waals surface area contributed by atoms with E-state index in [9.17, 15) is 5.11 Å². The summed E-state index contributed by atoms with van der Waals surface area (Å²) in [5.41, 5.74) is 3.31. The second kappa shape index (κ2) is 8.50. The van der Waals surface area contributed by atoms with Crippen LogP contribution in [0.15, 0.2) is 48.7 Å². The molecule has 0 aliphatic heterocycles. The number of ether oxygens (including phenoxy) is 1. The smallest absolute Gasteiger partial charge is 0.119 e. The van der Waals surface area contributed by atoms with Crippen molar-refractivity contribution >= 4 is 16.6 Å². The summed E-state index contributed by atoms with van der Waals surface area (Å²) in [5, 5.41) is 24.8. The predicted molar refractivity (Wildman–Crippen MR) is 100 cm³/mol. The molecule has 25 heavy (non-hydrogen) atoms. The fraction of sp³-hybridized carbons (Fsp3) is 0.316. The average Bonchev–Trinajstić information content (AvgIpc) is 3.11. The van der Waals surface area contributed by atoms with Gasteiger partial charge >= 0.3 is 0 Å². The third kappa shape index (κ3) is 4.71. The number of nitrogens with one attached hydrogen (secondary N) is 3. The van der Waals surface area contributed by atoms with Gasteiger partial charge in [0, 0.05) is 30.7 Å². The summed E-state index contributed by atoms with van der Waals surface area (Å²) in [6.07, 6.45) is 1.29. The lowest BCUT2D eigenvalue weighted by Gasteiger charge is -2.14. The lowest BCUT2D eigenvalue weighted by molar-refractivity contribution is 0.107. The summed E-state index contributed by atoms with van der Waals surface area (Å²) in [6.45, 7) is 4.35. The van der Waals surface area contributed by atoms with E-state index in [1.165, 1.54) is 5.56 Å². The van der Waals surface area contributed by atoms with Crippen LogP contribution < -0.4 is 15.4 Å². The lowest BCUT2D eigenvalue weighted by atomic mass is 10.1. The molecular weight excluding hydrogens is 316 g/mol. The number of H-pyrrole nitrogens is 1. The van der Waals surface area contributed by atoms with Crippen LogP contribution >= 0.6 is 0 Å². The van der Waals surface area contributed by atoms with E-state index in [1.54, 1.807) is 0 Å². The quantitative estimate of drug-likeness (QED) is 0.450. The zero-order valence-corrected chi connectivity index (χ0v) is 14.3. The number of aryl methyl sites for hydroxylation is 1. The summed E-state index contributed by atoms with van der Waals surface area (Å²) in [5.74, 6) is 0.770. The molecule has 0 bridgehead atoms. The number of nitrogens with zero attached hydrogens (tertiary/aromatic N) is 1. The number of anilines is 1. The Morgan fingerprint density at radius 2 is 2.00 bits per heavy atom. The minimum absolute atomic E-state index is 0.276. The van der Waals surface area contributed by atoms with Crippen molar-refractivity contribution in [1.29, 1.82) is 0 Å². The first-order valence-corrected chi connectivity index (χ1v) is 8.47. The van der Waals surface area contributed by atoms with Gasteiger partial charge in [-0.1, -0.05) is 24.3 Å². The highest BCUT2D eigenvalue weighted by molar-refractivity contribution is 5.92. The zero-order chi connectivity index (χ0) is 17.5. The standard InChI is InChI=1S/C19H24N4O2/c1-14-7-8-18-17(12-22-23-18)19(14)21-10-9-20-11-15(24)13-25-16-5-3-2-4-6-16/h2-8,12,15,20-21,24H,9-11,13H2,1H3,(H,22,23). The Morgan fingerprint density at radius 1 is 1.16 bits per heavy atom. The first-order chi connectivity index (χ1) is 12.2. The molecule has 1 aromatic heterocycles. The normalized spacial score (nSPS) is 12.2. The molecule has 6 nitrogen and oxygen atoms in total. The molecule has 6 heteroatoms. The van der Waals surface area contributed by atoms with Crippen molar-refractivity contribution in [2.45, 2.75) is 13.0 Å². The van der Waals surface area contributed by atoms with Crippen molar-refractivity contribution < 1.29 is 9.84 Å². The van der Waals surface area contributed by atoms with E-state index in [2.05, 4.69) is 33.8 Å². The molecule has 4 N–H and O–H groups in total. The van der Waals surface area contributed by atoms with Gasteiger partial charge in [0.1, 0.15) is 18.5 Å². The van der Waals surface area contributed by atoms with Gasteiger partial charge in [-0.25, -0.2) is 0 Å². The molecular formula is C19H24N4O2. The first-order valence-electron chi connectivity index (χ1n) is 8.47. The number of aromatic amines is 1. The maximum Gasteiger partial charge on any atom is 0.119 e. The van der Waals surface area contributed by atoms with Gasteiger partial charge in [-0.05, 0) is 30.7 Å². The van der Waals surface area contributed by atoms with Crippen molar-refractivity contribution in [2.24, 2.45) is 0 Å². The van der Waals surface area contributed by atoms with Crippen LogP contribution in [0.2, 0.25) is 0 Å². The van der Waals surface area contributed by atoms with E-state index >= 15 is 0 Å². The minimum atomic E-state index is -0.542. The Bertz CT molecular complexity index is 788. The van der Waals surface area contributed by atoms with Gasteiger partial charge in [-0.3, -0.25) is 5.10 Å². The lowest BCUT2D eigenvalue weighted by Crippen LogP contribution is -2.34. The molecule has 1 atom stereocenters. The van der Waals surface area contributed by atoms with Crippen LogP contribution in [0.1, 0.15) is 5.56 Å². The molecule has 0 aliphatic carbocycles. The van der Waals surface area contributed by atoms with Crippen molar-refractivity contribution in [3.05, 3.63) is 54.2 Å². The molecule has 3 rings (SSSR count). The van der Waals surface area contributed by atoms with Gasteiger partial charge in [0.15, 0.2) is 0 Å². The number of rotatable bonds is 9. The second-order valence-corrected chi connectivity index (χ2v) is 6.00. The molecule has 0 saturated heterocycles. The Balaban J connectivity index is 1.37. The maximum atomic E-state index is 9.96. The third-order valence-corrected chi connectivity index (χ3v) is 4.00. The van der Waals surface area contributed by atoms with E-state index in [0.717, 1.165) is 35.4 Å². The van der Waals surface area contributed by atoms with Crippen LogP contribution in [0, 0.1) is 6.92 Å². The molecule has 0 fully saturated rings. The molecule has 0 spiro atoms. The molecule has 0 amide bonds. The highest BCUT2D eigenvalue weighted by Gasteiger charge is 2.07. The predicted octanol–water partition coefficient (Wildman–Crippen LogP) is 2.31. The van der Waals surface area contributed by atoms with Gasteiger partial charge < -0.3 is 20.5 Å². The van der Waals surface area contributed by atoms with Gasteiger partial charge in [0.05, 0.1) is 11.7 Å². The fourth-order valence-electron chi connectivity index (χ4n) is 2.67. The Kier molecular flexibility index (Phi) is 5.87. The van der Waals surface area contributed by atoms with E-state index < -0.39 is 6.10 Å². The molecule has 3 aromatic rings. The minimum Gasteiger partial charge on any atom is -0.491 e. The fourth-order valence-corrected chi connectivity index (χ4v) is 2.67. The third-order valence-electron chi connectivity index (χ3n) is 4.00. The van der Waals surface area contributed by atoms with Crippen molar-refractivity contribution in [1.82, 2.24) is 15.5 Å². The number of aliphatic hydroxyl groups excluding tert-OH is 1. The van der Waals surface area contributed by atoms with Crippen molar-refractivity contribution in [2.75, 3.05) is 31.6 Å². The van der Waals surface area contributed by atoms with Crippen LogP contribution in [-0.4, -0.2) is 47.6 Å². The van der Waals surface area contributed by atoms with Crippen molar-refractivity contribution in [3.8, 4) is 5.75 Å². The van der Waals surface area contributed by atoms with Crippen LogP contribution in [0.25, 0.3) is 10.9 Å². The monoisotopic (exact) mass is 340 g/mol. The number of aromatic nitrogens is 2. The Labute approximate surface area is 147 Å². The summed E-state index contributed by atoms with van der Waals surface area (Å²) >= 11 is 0. The van der Waals surface area contributed by atoms with Gasteiger partial charge in [0.25, 0.3) is 0 Å². The zero-order valence-electron chi connectivity index (χ0n) is 14.3. The summed E-state index contributed by atoms with van der Waals surface area (Å²) in [4.78, 5) is 0. The van der Waals surface area contributed by atoms with E-state index in [1.807, 2.05) is 42.6 Å². The van der Waals surface area contributed by atoms with Crippen LogP contribution in [0.4, 0.5) is 5.69 Å². The van der Waals surface area contributed by atoms with Gasteiger partial charge in [-0.2, -0.15) is 5.10 Å². The molecule has 1 unspecified atom stereocenters. The number of hydrogen-bond donors (Lipinski definition) is 4. The molecule has 0 aliphatic rings. The van der Waals surface area contributed by atoms with Crippen molar-refractivity contribution in [3.63, 3.8) is 0 Å². The van der Waals surface area contributed by atoms with Gasteiger partial charge in [0.2, 0.25) is 0 Å². The van der Waals surface area contributed by atoms with Gasteiger partial charge in [-0.15, -0.1) is 0 Å². The molecule has 0 saturated carbocycles. The summed E-state index contributed by atoms with van der Waals surface area (Å²) < 4.78 is 5.53. The highest BCUT2D eigenvalue weighted by Crippen LogP contribution is 2.25. The summed E-state index contributed by atoms with van der Waals surface area (Å²) in [6, 6.07) is 13.6. The molecule has 1 heterocycles.